The topological polar surface area (TPSA) is 88.2 Å². The van der Waals surface area contributed by atoms with Crippen LogP contribution in [0.1, 0.15) is 24.4 Å². The lowest BCUT2D eigenvalue weighted by atomic mass is 10.2. The Morgan fingerprint density at radius 3 is 2.78 bits per heavy atom. The fourth-order valence-electron chi connectivity index (χ4n) is 1.38. The van der Waals surface area contributed by atoms with Crippen molar-refractivity contribution in [2.24, 2.45) is 5.92 Å². The molecule has 6 heteroatoms. The first-order valence-electron chi connectivity index (χ1n) is 5.63. The molecule has 0 aliphatic carbocycles. The molecule has 0 fully saturated rings. The highest BCUT2D eigenvalue weighted by Gasteiger charge is 2.14. The lowest BCUT2D eigenvalue weighted by Crippen LogP contribution is -2.26. The number of aromatic nitrogens is 1. The van der Waals surface area contributed by atoms with E-state index in [2.05, 4.69) is 10.5 Å². The predicted octanol–water partition coefficient (Wildman–Crippen LogP) is 1.61. The number of furan rings is 1. The zero-order valence-corrected chi connectivity index (χ0v) is 10.1. The Morgan fingerprint density at radius 2 is 2.17 bits per heavy atom. The zero-order chi connectivity index (χ0) is 13.1. The summed E-state index contributed by atoms with van der Waals surface area (Å²) in [6.45, 7) is 4.58. The smallest absolute Gasteiger partial charge is 0.287 e. The average molecular weight is 250 g/mol. The summed E-state index contributed by atoms with van der Waals surface area (Å²) in [7, 11) is 0. The molecule has 0 atom stereocenters. The summed E-state index contributed by atoms with van der Waals surface area (Å²) in [5.74, 6) is 0.874. The first-order valence-corrected chi connectivity index (χ1v) is 5.63. The number of aromatic amines is 1. The Balaban J connectivity index is 2.10. The quantitative estimate of drug-likeness (QED) is 0.862. The van der Waals surface area contributed by atoms with Crippen LogP contribution in [0.4, 0.5) is 0 Å². The van der Waals surface area contributed by atoms with E-state index in [9.17, 15) is 9.59 Å². The Labute approximate surface area is 103 Å². The van der Waals surface area contributed by atoms with Crippen molar-refractivity contribution in [1.82, 2.24) is 10.5 Å². The molecule has 1 amide bonds. The summed E-state index contributed by atoms with van der Waals surface area (Å²) in [6.07, 6.45) is 0. The Hall–Kier alpha value is -2.24. The summed E-state index contributed by atoms with van der Waals surface area (Å²) in [6, 6.07) is 4.38. The Bertz CT molecular complexity index is 591. The molecular weight excluding hydrogens is 236 g/mol. The van der Waals surface area contributed by atoms with Crippen LogP contribution in [-0.4, -0.2) is 17.6 Å². The third kappa shape index (κ3) is 2.71. The van der Waals surface area contributed by atoms with Gasteiger partial charge in [0.1, 0.15) is 0 Å². The van der Waals surface area contributed by atoms with Crippen molar-refractivity contribution in [2.75, 3.05) is 6.54 Å². The molecule has 0 saturated heterocycles. The number of amides is 1. The minimum Gasteiger partial charge on any atom is -0.448 e. The van der Waals surface area contributed by atoms with E-state index in [-0.39, 0.29) is 23.0 Å². The fourth-order valence-corrected chi connectivity index (χ4v) is 1.38. The standard InChI is InChI=1S/C12H14N2O4/c1-7(2)6-13-12(16)9-4-3-8(17-9)10-5-11(15)14-18-10/h3-5,7H,6H2,1-2H3,(H,13,16)(H,14,15). The summed E-state index contributed by atoms with van der Waals surface area (Å²) in [5.41, 5.74) is -0.354. The van der Waals surface area contributed by atoms with Crippen LogP contribution in [0, 0.1) is 5.92 Å². The van der Waals surface area contributed by atoms with Gasteiger partial charge in [-0.1, -0.05) is 13.8 Å². The van der Waals surface area contributed by atoms with Crippen LogP contribution < -0.4 is 10.9 Å². The molecule has 2 aromatic heterocycles. The minimum atomic E-state index is -0.354. The van der Waals surface area contributed by atoms with Crippen LogP contribution in [-0.2, 0) is 0 Å². The second-order valence-electron chi connectivity index (χ2n) is 4.34. The van der Waals surface area contributed by atoms with Crippen LogP contribution in [0.2, 0.25) is 0 Å². The SMILES string of the molecule is CC(C)CNC(=O)c1ccc(-c2cc(=O)[nH]o2)o1. The predicted molar refractivity (Wildman–Crippen MR) is 64.2 cm³/mol. The third-order valence-corrected chi connectivity index (χ3v) is 2.27. The molecule has 0 bridgehead atoms. The van der Waals surface area contributed by atoms with Gasteiger partial charge in [-0.15, -0.1) is 0 Å². The molecular formula is C12H14N2O4. The number of H-pyrrole nitrogens is 1. The van der Waals surface area contributed by atoms with Gasteiger partial charge in [-0.2, -0.15) is 5.16 Å². The van der Waals surface area contributed by atoms with Gasteiger partial charge < -0.3 is 14.3 Å². The highest BCUT2D eigenvalue weighted by atomic mass is 16.5. The molecule has 2 heterocycles. The van der Waals surface area contributed by atoms with Crippen molar-refractivity contribution in [1.29, 1.82) is 0 Å². The maximum absolute atomic E-state index is 11.7. The number of hydrogen-bond acceptors (Lipinski definition) is 4. The lowest BCUT2D eigenvalue weighted by Gasteiger charge is -2.05. The average Bonchev–Trinajstić information content (AvgIpc) is 2.93. The summed E-state index contributed by atoms with van der Waals surface area (Å²) < 4.78 is 10.2. The fraction of sp³-hybridized carbons (Fsp3) is 0.333. The molecule has 0 unspecified atom stereocenters. The highest BCUT2D eigenvalue weighted by molar-refractivity contribution is 5.91. The molecule has 2 rings (SSSR count). The van der Waals surface area contributed by atoms with Gasteiger partial charge in [0.25, 0.3) is 11.5 Å². The minimum absolute atomic E-state index is 0.189. The second kappa shape index (κ2) is 4.95. The monoisotopic (exact) mass is 250 g/mol. The summed E-state index contributed by atoms with van der Waals surface area (Å²) in [4.78, 5) is 22.6. The Morgan fingerprint density at radius 1 is 1.39 bits per heavy atom. The van der Waals surface area contributed by atoms with E-state index in [0.29, 0.717) is 18.2 Å². The van der Waals surface area contributed by atoms with Crippen molar-refractivity contribution in [3.63, 3.8) is 0 Å². The van der Waals surface area contributed by atoms with Crippen LogP contribution in [0.25, 0.3) is 11.5 Å². The van der Waals surface area contributed by atoms with Crippen LogP contribution >= 0.6 is 0 Å². The van der Waals surface area contributed by atoms with Gasteiger partial charge in [-0.05, 0) is 18.1 Å². The van der Waals surface area contributed by atoms with Crippen LogP contribution in [0.3, 0.4) is 0 Å². The van der Waals surface area contributed by atoms with Crippen molar-refractivity contribution in [3.05, 3.63) is 34.3 Å². The number of rotatable bonds is 4. The molecule has 0 aliphatic heterocycles. The molecule has 0 saturated carbocycles. The van der Waals surface area contributed by atoms with Crippen molar-refractivity contribution < 1.29 is 13.7 Å². The number of carbonyl (C=O) groups excluding carboxylic acids is 1. The molecule has 0 aromatic carbocycles. The van der Waals surface area contributed by atoms with Gasteiger partial charge in [0.15, 0.2) is 11.5 Å². The molecule has 2 aromatic rings. The largest absolute Gasteiger partial charge is 0.448 e. The van der Waals surface area contributed by atoms with Crippen LogP contribution in [0.5, 0.6) is 0 Å². The molecule has 6 nitrogen and oxygen atoms in total. The maximum Gasteiger partial charge on any atom is 0.287 e. The highest BCUT2D eigenvalue weighted by Crippen LogP contribution is 2.20. The molecule has 2 N–H and O–H groups in total. The number of hydrogen-bond donors (Lipinski definition) is 2. The van der Waals surface area contributed by atoms with Gasteiger partial charge >= 0.3 is 0 Å². The summed E-state index contributed by atoms with van der Waals surface area (Å²) in [5, 5.41) is 4.89. The van der Waals surface area contributed by atoms with Crippen molar-refractivity contribution >= 4 is 5.91 Å². The second-order valence-corrected chi connectivity index (χ2v) is 4.34. The van der Waals surface area contributed by atoms with E-state index in [1.54, 1.807) is 6.07 Å². The van der Waals surface area contributed by atoms with Gasteiger partial charge in [0.05, 0.1) is 6.07 Å². The molecule has 96 valence electrons. The van der Waals surface area contributed by atoms with Gasteiger partial charge in [-0.25, -0.2) is 0 Å². The van der Waals surface area contributed by atoms with Crippen LogP contribution in [0.15, 0.2) is 31.9 Å². The van der Waals surface area contributed by atoms with E-state index in [1.165, 1.54) is 12.1 Å². The molecule has 18 heavy (non-hydrogen) atoms. The van der Waals surface area contributed by atoms with Crippen molar-refractivity contribution in [2.45, 2.75) is 13.8 Å². The third-order valence-electron chi connectivity index (χ3n) is 2.27. The zero-order valence-electron chi connectivity index (χ0n) is 10.1. The van der Waals surface area contributed by atoms with Gasteiger partial charge in [0, 0.05) is 6.54 Å². The van der Waals surface area contributed by atoms with E-state index < -0.39 is 0 Å². The maximum atomic E-state index is 11.7. The van der Waals surface area contributed by atoms with E-state index in [0.717, 1.165) is 0 Å². The first-order chi connectivity index (χ1) is 8.56. The van der Waals surface area contributed by atoms with E-state index in [4.69, 9.17) is 8.94 Å². The lowest BCUT2D eigenvalue weighted by molar-refractivity contribution is 0.0922. The number of nitrogens with one attached hydrogen (secondary N) is 2. The first kappa shape index (κ1) is 12.2. The summed E-state index contributed by atoms with van der Waals surface area (Å²) >= 11 is 0. The van der Waals surface area contributed by atoms with E-state index in [1.807, 2.05) is 13.8 Å². The molecule has 0 aliphatic rings. The van der Waals surface area contributed by atoms with Gasteiger partial charge in [-0.3, -0.25) is 9.59 Å². The Kier molecular flexibility index (Phi) is 3.36. The molecule has 0 radical (unpaired) electrons. The van der Waals surface area contributed by atoms with Gasteiger partial charge in [0.2, 0.25) is 5.76 Å². The molecule has 0 spiro atoms. The van der Waals surface area contributed by atoms with Crippen molar-refractivity contribution in [3.8, 4) is 11.5 Å². The van der Waals surface area contributed by atoms with E-state index >= 15 is 0 Å². The number of carbonyl (C=O) groups is 1. The normalized spacial score (nSPS) is 10.8.